The molecule has 0 radical (unpaired) electrons. The van der Waals surface area contributed by atoms with Crippen LogP contribution in [-0.4, -0.2) is 23.4 Å². The summed E-state index contributed by atoms with van der Waals surface area (Å²) in [6.45, 7) is 0.152. The summed E-state index contributed by atoms with van der Waals surface area (Å²) in [6, 6.07) is 7.90. The molecule has 1 N–H and O–H groups in total. The van der Waals surface area contributed by atoms with Crippen LogP contribution in [0.5, 0.6) is 5.88 Å². The standard InChI is InChI=1S/C16H12Cl2N4O3S/c17-12-4-1-5-13(14(12)18)26(23,24)22-15-16(21-8-7-20-15)25-10-11-3-2-6-19-9-11/h1-9H,10H2,(H,20,22). The van der Waals surface area contributed by atoms with Gasteiger partial charge in [-0.1, -0.05) is 35.3 Å². The molecule has 0 fully saturated rings. The maximum absolute atomic E-state index is 12.6. The van der Waals surface area contributed by atoms with Gasteiger partial charge >= 0.3 is 0 Å². The summed E-state index contributed by atoms with van der Waals surface area (Å²) in [7, 11) is -4.03. The van der Waals surface area contributed by atoms with E-state index in [1.165, 1.54) is 30.6 Å². The molecule has 3 rings (SSSR count). The molecule has 0 aliphatic heterocycles. The zero-order chi connectivity index (χ0) is 18.6. The number of aromatic nitrogens is 3. The van der Waals surface area contributed by atoms with E-state index in [0.717, 1.165) is 5.56 Å². The summed E-state index contributed by atoms with van der Waals surface area (Å²) >= 11 is 11.9. The summed E-state index contributed by atoms with van der Waals surface area (Å²) in [5.41, 5.74) is 0.796. The maximum Gasteiger partial charge on any atom is 0.264 e. The Bertz CT molecular complexity index is 1020. The minimum atomic E-state index is -4.03. The molecule has 2 aromatic heterocycles. The number of sulfonamides is 1. The molecule has 0 saturated carbocycles. The third-order valence-electron chi connectivity index (χ3n) is 3.20. The first-order valence-electron chi connectivity index (χ1n) is 7.27. The van der Waals surface area contributed by atoms with Crippen LogP contribution in [0.4, 0.5) is 5.82 Å². The first-order valence-corrected chi connectivity index (χ1v) is 9.51. The predicted octanol–water partition coefficient (Wildman–Crippen LogP) is 3.56. The molecule has 0 atom stereocenters. The Balaban J connectivity index is 1.85. The van der Waals surface area contributed by atoms with Gasteiger partial charge in [-0.2, -0.15) is 0 Å². The highest BCUT2D eigenvalue weighted by Gasteiger charge is 2.22. The molecule has 0 aliphatic rings. The van der Waals surface area contributed by atoms with Crippen molar-refractivity contribution in [1.82, 2.24) is 15.0 Å². The van der Waals surface area contributed by atoms with E-state index < -0.39 is 10.0 Å². The highest BCUT2D eigenvalue weighted by Crippen LogP contribution is 2.31. The van der Waals surface area contributed by atoms with Crippen LogP contribution in [0.25, 0.3) is 0 Å². The fourth-order valence-corrected chi connectivity index (χ4v) is 3.78. The van der Waals surface area contributed by atoms with E-state index in [0.29, 0.717) is 0 Å². The fourth-order valence-electron chi connectivity index (χ4n) is 2.01. The summed E-state index contributed by atoms with van der Waals surface area (Å²) in [5.74, 6) is -0.0366. The van der Waals surface area contributed by atoms with Gasteiger partial charge in [0.15, 0.2) is 0 Å². The Morgan fingerprint density at radius 2 is 1.85 bits per heavy atom. The van der Waals surface area contributed by atoms with Crippen molar-refractivity contribution in [3.05, 3.63) is 70.7 Å². The quantitative estimate of drug-likeness (QED) is 0.667. The number of hydrogen-bond donors (Lipinski definition) is 1. The molecule has 1 aromatic carbocycles. The zero-order valence-corrected chi connectivity index (χ0v) is 15.5. The lowest BCUT2D eigenvalue weighted by Crippen LogP contribution is -2.16. The molecule has 0 spiro atoms. The molecule has 7 nitrogen and oxygen atoms in total. The van der Waals surface area contributed by atoms with Crippen LogP contribution in [0.2, 0.25) is 10.0 Å². The second kappa shape index (κ2) is 7.86. The number of pyridine rings is 1. The molecule has 134 valence electrons. The number of nitrogens with zero attached hydrogens (tertiary/aromatic N) is 3. The summed E-state index contributed by atoms with van der Waals surface area (Å²) in [6.07, 6.45) is 6.00. The second-order valence-electron chi connectivity index (χ2n) is 5.02. The van der Waals surface area contributed by atoms with Crippen molar-refractivity contribution >= 4 is 39.0 Å². The third-order valence-corrected chi connectivity index (χ3v) is 5.51. The summed E-state index contributed by atoms with van der Waals surface area (Å²) in [4.78, 5) is 11.8. The van der Waals surface area contributed by atoms with Gasteiger partial charge in [-0.3, -0.25) is 9.71 Å². The monoisotopic (exact) mass is 410 g/mol. The molecule has 26 heavy (non-hydrogen) atoms. The van der Waals surface area contributed by atoms with Crippen LogP contribution < -0.4 is 9.46 Å². The van der Waals surface area contributed by atoms with Crippen LogP contribution in [0.15, 0.2) is 60.0 Å². The number of halogens is 2. The van der Waals surface area contributed by atoms with Gasteiger partial charge in [0.1, 0.15) is 11.5 Å². The Morgan fingerprint density at radius 3 is 2.62 bits per heavy atom. The Hall–Kier alpha value is -2.42. The molecule has 3 aromatic rings. The molecule has 0 saturated heterocycles. The first-order chi connectivity index (χ1) is 12.5. The van der Waals surface area contributed by atoms with Crippen LogP contribution in [-0.2, 0) is 16.6 Å². The predicted molar refractivity (Wildman–Crippen MR) is 97.9 cm³/mol. The van der Waals surface area contributed by atoms with Crippen molar-refractivity contribution in [3.63, 3.8) is 0 Å². The SMILES string of the molecule is O=S(=O)(Nc1nccnc1OCc1cccnc1)c1cccc(Cl)c1Cl. The largest absolute Gasteiger partial charge is 0.470 e. The topological polar surface area (TPSA) is 94.1 Å². The van der Waals surface area contributed by atoms with Gasteiger partial charge in [0.05, 0.1) is 10.0 Å². The lowest BCUT2D eigenvalue weighted by Gasteiger charge is -2.12. The smallest absolute Gasteiger partial charge is 0.264 e. The normalized spacial score (nSPS) is 11.2. The fraction of sp³-hybridized carbons (Fsp3) is 0.0625. The van der Waals surface area contributed by atoms with Crippen LogP contribution >= 0.6 is 23.2 Å². The van der Waals surface area contributed by atoms with E-state index in [1.807, 2.05) is 6.07 Å². The molecular weight excluding hydrogens is 399 g/mol. The van der Waals surface area contributed by atoms with Crippen LogP contribution in [0.3, 0.4) is 0 Å². The third kappa shape index (κ3) is 4.21. The molecule has 0 unspecified atom stereocenters. The average Bonchev–Trinajstić information content (AvgIpc) is 2.64. The minimum absolute atomic E-state index is 0.0260. The van der Waals surface area contributed by atoms with Crippen LogP contribution in [0, 0.1) is 0 Å². The molecule has 10 heteroatoms. The summed E-state index contributed by atoms with van der Waals surface area (Å²) < 4.78 is 33.1. The van der Waals surface area contributed by atoms with Gasteiger partial charge in [0.25, 0.3) is 15.9 Å². The van der Waals surface area contributed by atoms with Gasteiger partial charge in [-0.05, 0) is 18.2 Å². The van der Waals surface area contributed by atoms with E-state index in [1.54, 1.807) is 18.5 Å². The van der Waals surface area contributed by atoms with E-state index in [9.17, 15) is 8.42 Å². The second-order valence-corrected chi connectivity index (χ2v) is 7.45. The average molecular weight is 411 g/mol. The van der Waals surface area contributed by atoms with Crippen molar-refractivity contribution in [2.75, 3.05) is 4.72 Å². The van der Waals surface area contributed by atoms with E-state index >= 15 is 0 Å². The zero-order valence-electron chi connectivity index (χ0n) is 13.1. The highest BCUT2D eigenvalue weighted by molar-refractivity contribution is 7.92. The Morgan fingerprint density at radius 1 is 1.04 bits per heavy atom. The number of nitrogens with one attached hydrogen (secondary N) is 1. The number of rotatable bonds is 6. The molecular formula is C16H12Cl2N4O3S. The lowest BCUT2D eigenvalue weighted by atomic mass is 10.3. The van der Waals surface area contributed by atoms with Crippen molar-refractivity contribution in [1.29, 1.82) is 0 Å². The summed E-state index contributed by atoms with van der Waals surface area (Å²) in [5, 5.41) is 0.0464. The van der Waals surface area contributed by atoms with Gasteiger partial charge in [0.2, 0.25) is 5.82 Å². The van der Waals surface area contributed by atoms with Crippen LogP contribution in [0.1, 0.15) is 5.56 Å². The highest BCUT2D eigenvalue weighted by atomic mass is 35.5. The van der Waals surface area contributed by atoms with Gasteiger partial charge in [0, 0.05) is 30.4 Å². The van der Waals surface area contributed by atoms with Gasteiger partial charge in [-0.15, -0.1) is 0 Å². The van der Waals surface area contributed by atoms with E-state index in [-0.39, 0.29) is 33.2 Å². The Kier molecular flexibility index (Phi) is 5.55. The van der Waals surface area contributed by atoms with Crippen molar-refractivity contribution in [2.24, 2.45) is 0 Å². The molecule has 0 amide bonds. The number of anilines is 1. The number of hydrogen-bond acceptors (Lipinski definition) is 6. The van der Waals surface area contributed by atoms with E-state index in [4.69, 9.17) is 27.9 Å². The van der Waals surface area contributed by atoms with Crippen molar-refractivity contribution in [2.45, 2.75) is 11.5 Å². The molecule has 0 bridgehead atoms. The number of benzene rings is 1. The molecule has 0 aliphatic carbocycles. The van der Waals surface area contributed by atoms with Gasteiger partial charge in [-0.25, -0.2) is 18.4 Å². The Labute approximate surface area is 160 Å². The van der Waals surface area contributed by atoms with E-state index in [2.05, 4.69) is 19.7 Å². The van der Waals surface area contributed by atoms with Crippen molar-refractivity contribution in [3.8, 4) is 5.88 Å². The number of ether oxygens (including phenoxy) is 1. The molecule has 2 heterocycles. The first kappa shape index (κ1) is 18.4. The van der Waals surface area contributed by atoms with Crippen molar-refractivity contribution < 1.29 is 13.2 Å². The minimum Gasteiger partial charge on any atom is -0.470 e. The lowest BCUT2D eigenvalue weighted by molar-refractivity contribution is 0.294. The van der Waals surface area contributed by atoms with Gasteiger partial charge < -0.3 is 4.74 Å². The maximum atomic E-state index is 12.6.